The van der Waals surface area contributed by atoms with Crippen molar-refractivity contribution in [3.05, 3.63) is 114 Å². The van der Waals surface area contributed by atoms with Gasteiger partial charge in [-0.2, -0.15) is 0 Å². The minimum absolute atomic E-state index is 0.0786. The van der Waals surface area contributed by atoms with E-state index in [0.717, 1.165) is 5.56 Å². The number of hydrogen-bond acceptors (Lipinski definition) is 4. The molecule has 4 aromatic rings. The summed E-state index contributed by atoms with van der Waals surface area (Å²) in [4.78, 5) is 13.1. The molecule has 176 valence electrons. The van der Waals surface area contributed by atoms with Gasteiger partial charge in [0.2, 0.25) is 0 Å². The quantitative estimate of drug-likeness (QED) is 0.371. The summed E-state index contributed by atoms with van der Waals surface area (Å²) < 4.78 is 34.4. The van der Waals surface area contributed by atoms with E-state index in [1.165, 1.54) is 16.4 Å². The van der Waals surface area contributed by atoms with Crippen molar-refractivity contribution in [1.29, 1.82) is 0 Å². The van der Waals surface area contributed by atoms with Crippen molar-refractivity contribution in [3.63, 3.8) is 0 Å². The second-order valence-electron chi connectivity index (χ2n) is 8.41. The first kappa shape index (κ1) is 22.7. The number of amides is 1. The first-order chi connectivity index (χ1) is 16.9. The molecule has 1 aliphatic heterocycles. The fourth-order valence-corrected chi connectivity index (χ4v) is 6.02. The highest BCUT2D eigenvalue weighted by molar-refractivity contribution is 7.92. The molecule has 0 aromatic heterocycles. The van der Waals surface area contributed by atoms with E-state index in [0.29, 0.717) is 29.3 Å². The number of benzene rings is 4. The van der Waals surface area contributed by atoms with Crippen LogP contribution in [0.1, 0.15) is 22.8 Å². The van der Waals surface area contributed by atoms with Gasteiger partial charge in [0.25, 0.3) is 15.9 Å². The minimum atomic E-state index is -3.84. The third kappa shape index (κ3) is 4.63. The Labute approximate surface area is 204 Å². The van der Waals surface area contributed by atoms with Gasteiger partial charge in [0.15, 0.2) is 0 Å². The van der Waals surface area contributed by atoms with Crippen molar-refractivity contribution >= 4 is 27.3 Å². The predicted octanol–water partition coefficient (Wildman–Crippen LogP) is 5.87. The van der Waals surface area contributed by atoms with E-state index in [9.17, 15) is 13.2 Å². The lowest BCUT2D eigenvalue weighted by molar-refractivity contribution is 0.102. The van der Waals surface area contributed by atoms with Gasteiger partial charge in [-0.15, -0.1) is 0 Å². The lowest BCUT2D eigenvalue weighted by Crippen LogP contribution is -2.35. The summed E-state index contributed by atoms with van der Waals surface area (Å²) in [5.41, 5.74) is 2.47. The van der Waals surface area contributed by atoms with Gasteiger partial charge >= 0.3 is 0 Å². The van der Waals surface area contributed by atoms with Crippen molar-refractivity contribution in [2.24, 2.45) is 0 Å². The third-order valence-corrected chi connectivity index (χ3v) is 7.79. The maximum atomic E-state index is 13.5. The molecule has 0 bridgehead atoms. The van der Waals surface area contributed by atoms with Gasteiger partial charge in [0.1, 0.15) is 11.5 Å². The average molecular weight is 485 g/mol. The van der Waals surface area contributed by atoms with E-state index in [-0.39, 0.29) is 16.5 Å². The highest BCUT2D eigenvalue weighted by Gasteiger charge is 2.36. The number of rotatable bonds is 6. The minimum Gasteiger partial charge on any atom is -0.457 e. The lowest BCUT2D eigenvalue weighted by atomic mass is 10.1. The maximum absolute atomic E-state index is 13.5. The van der Waals surface area contributed by atoms with Crippen molar-refractivity contribution < 1.29 is 17.9 Å². The standard InChI is InChI=1S/C28H24N2O4S/c1-20-17-21-9-5-6-16-27(21)30(20)35(32,33)26-15-7-10-22(18-26)28(31)29-23-11-8-14-25(19-23)34-24-12-3-2-4-13-24/h2-16,18-20H,17H2,1H3,(H,29,31)/t20-/m0/s1. The van der Waals surface area contributed by atoms with E-state index >= 15 is 0 Å². The molecule has 0 aliphatic carbocycles. The van der Waals surface area contributed by atoms with Crippen LogP contribution < -0.4 is 14.4 Å². The Morgan fingerprint density at radius 1 is 0.857 bits per heavy atom. The van der Waals surface area contributed by atoms with Gasteiger partial charge in [-0.1, -0.05) is 48.5 Å². The second kappa shape index (κ2) is 9.27. The summed E-state index contributed by atoms with van der Waals surface area (Å²) in [6.45, 7) is 1.89. The number of nitrogens with one attached hydrogen (secondary N) is 1. The van der Waals surface area contributed by atoms with Gasteiger partial charge in [0.05, 0.1) is 10.6 Å². The molecule has 0 saturated carbocycles. The van der Waals surface area contributed by atoms with Gasteiger partial charge in [-0.3, -0.25) is 9.10 Å². The predicted molar refractivity (Wildman–Crippen MR) is 137 cm³/mol. The van der Waals surface area contributed by atoms with Gasteiger partial charge in [-0.25, -0.2) is 8.42 Å². The number of carbonyl (C=O) groups excluding carboxylic acids is 1. The number of ether oxygens (including phenoxy) is 1. The van der Waals surface area contributed by atoms with Crippen LogP contribution in [0, 0.1) is 0 Å². The Kier molecular flexibility index (Phi) is 6.01. The van der Waals surface area contributed by atoms with Crippen LogP contribution >= 0.6 is 0 Å². The number of nitrogens with zero attached hydrogens (tertiary/aromatic N) is 1. The first-order valence-corrected chi connectivity index (χ1v) is 12.7. The zero-order valence-corrected chi connectivity index (χ0v) is 19.9. The molecule has 6 nitrogen and oxygen atoms in total. The summed E-state index contributed by atoms with van der Waals surface area (Å²) >= 11 is 0. The summed E-state index contributed by atoms with van der Waals surface area (Å²) in [7, 11) is -3.84. The molecule has 4 aromatic carbocycles. The van der Waals surface area contributed by atoms with Crippen LogP contribution in [0.4, 0.5) is 11.4 Å². The fourth-order valence-electron chi connectivity index (χ4n) is 4.28. The van der Waals surface area contributed by atoms with E-state index in [1.54, 1.807) is 36.4 Å². The molecule has 0 fully saturated rings. The topological polar surface area (TPSA) is 75.7 Å². The molecule has 0 radical (unpaired) electrons. The summed E-state index contributed by atoms with van der Waals surface area (Å²) in [6, 6.07) is 29.8. The summed E-state index contributed by atoms with van der Waals surface area (Å²) in [6.07, 6.45) is 0.650. The first-order valence-electron chi connectivity index (χ1n) is 11.3. The van der Waals surface area contributed by atoms with E-state index in [4.69, 9.17) is 4.74 Å². The Hall–Kier alpha value is -4.10. The molecule has 1 aliphatic rings. The largest absolute Gasteiger partial charge is 0.457 e. The molecule has 1 amide bonds. The normalized spacial score (nSPS) is 14.9. The van der Waals surface area contributed by atoms with Crippen molar-refractivity contribution in [3.8, 4) is 11.5 Å². The van der Waals surface area contributed by atoms with Gasteiger partial charge < -0.3 is 10.1 Å². The summed E-state index contributed by atoms with van der Waals surface area (Å²) in [5, 5.41) is 2.83. The zero-order chi connectivity index (χ0) is 24.4. The van der Waals surface area contributed by atoms with Crippen LogP contribution in [0.3, 0.4) is 0 Å². The van der Waals surface area contributed by atoms with Crippen molar-refractivity contribution in [2.75, 3.05) is 9.62 Å². The molecule has 7 heteroatoms. The molecule has 1 atom stereocenters. The van der Waals surface area contributed by atoms with Crippen LogP contribution in [0.15, 0.2) is 108 Å². The van der Waals surface area contributed by atoms with Crippen LogP contribution in [0.5, 0.6) is 11.5 Å². The zero-order valence-electron chi connectivity index (χ0n) is 19.1. The molecular formula is C28H24N2O4S. The number of sulfonamides is 1. The number of carbonyl (C=O) groups is 1. The highest BCUT2D eigenvalue weighted by Crippen LogP contribution is 2.36. The molecule has 0 unspecified atom stereocenters. The molecule has 1 N–H and O–H groups in total. The van der Waals surface area contributed by atoms with E-state index in [2.05, 4.69) is 5.32 Å². The second-order valence-corrected chi connectivity index (χ2v) is 10.2. The fraction of sp³-hybridized carbons (Fsp3) is 0.107. The lowest BCUT2D eigenvalue weighted by Gasteiger charge is -2.24. The van der Waals surface area contributed by atoms with Crippen molar-refractivity contribution in [2.45, 2.75) is 24.3 Å². The molecule has 1 heterocycles. The molecule has 0 saturated heterocycles. The van der Waals surface area contributed by atoms with Crippen molar-refractivity contribution in [1.82, 2.24) is 0 Å². The Bertz CT molecular complexity index is 1490. The molecule has 5 rings (SSSR count). The summed E-state index contributed by atoms with van der Waals surface area (Å²) in [5.74, 6) is 0.854. The van der Waals surface area contributed by atoms with E-state index < -0.39 is 15.9 Å². The molecule has 0 spiro atoms. The van der Waals surface area contributed by atoms with Gasteiger partial charge in [-0.05, 0) is 67.4 Å². The molecule has 35 heavy (non-hydrogen) atoms. The number of hydrogen-bond donors (Lipinski definition) is 1. The number of fused-ring (bicyclic) bond motifs is 1. The smallest absolute Gasteiger partial charge is 0.264 e. The van der Waals surface area contributed by atoms with Crippen LogP contribution in [0.2, 0.25) is 0 Å². The molecular weight excluding hydrogens is 460 g/mol. The average Bonchev–Trinajstić information content (AvgIpc) is 3.21. The maximum Gasteiger partial charge on any atom is 0.264 e. The van der Waals surface area contributed by atoms with Crippen LogP contribution in [-0.4, -0.2) is 20.4 Å². The van der Waals surface area contributed by atoms with Crippen LogP contribution in [0.25, 0.3) is 0 Å². The van der Waals surface area contributed by atoms with E-state index in [1.807, 2.05) is 61.5 Å². The SMILES string of the molecule is C[C@H]1Cc2ccccc2N1S(=O)(=O)c1cccc(C(=O)Nc2cccc(Oc3ccccc3)c2)c1. The van der Waals surface area contributed by atoms with Crippen LogP contribution in [-0.2, 0) is 16.4 Å². The Morgan fingerprint density at radius 2 is 1.57 bits per heavy atom. The highest BCUT2D eigenvalue weighted by atomic mass is 32.2. The Morgan fingerprint density at radius 3 is 2.40 bits per heavy atom. The third-order valence-electron chi connectivity index (χ3n) is 5.87. The number of para-hydroxylation sites is 2. The number of anilines is 2. The van der Waals surface area contributed by atoms with Gasteiger partial charge in [0, 0.05) is 23.4 Å². The monoisotopic (exact) mass is 484 g/mol. The Balaban J connectivity index is 1.37.